The van der Waals surface area contributed by atoms with Crippen molar-refractivity contribution in [3.8, 4) is 11.8 Å². The molecule has 0 spiro atoms. The molecule has 11 nitrogen and oxygen atoms in total. The molecular weight excluding hydrogens is 418 g/mol. The zero-order valence-electron chi connectivity index (χ0n) is 17.2. The van der Waals surface area contributed by atoms with Gasteiger partial charge in [-0.1, -0.05) is 58.2 Å². The molecule has 0 aliphatic heterocycles. The van der Waals surface area contributed by atoms with Crippen LogP contribution < -0.4 is 10.1 Å². The van der Waals surface area contributed by atoms with Gasteiger partial charge >= 0.3 is 18.1 Å². The Morgan fingerprint density at radius 1 is 1.09 bits per heavy atom. The van der Waals surface area contributed by atoms with Gasteiger partial charge in [-0.05, 0) is 29.8 Å². The number of carboxylic acid groups (broad SMARTS) is 1. The van der Waals surface area contributed by atoms with Crippen LogP contribution in [0.25, 0.3) is 0 Å². The van der Waals surface area contributed by atoms with Gasteiger partial charge in [0.25, 0.3) is 0 Å². The van der Waals surface area contributed by atoms with E-state index in [1.807, 2.05) is 25.1 Å². The normalized spacial score (nSPS) is 11.4. The van der Waals surface area contributed by atoms with Crippen LogP contribution >= 0.6 is 0 Å². The van der Waals surface area contributed by atoms with Gasteiger partial charge in [0.05, 0.1) is 6.42 Å². The van der Waals surface area contributed by atoms with Gasteiger partial charge in [-0.15, -0.1) is 0 Å². The number of aryl methyl sites for hydroxylation is 1. The number of aromatic nitrogens is 4. The number of ketones is 1. The maximum Gasteiger partial charge on any atom is 0.408 e. The van der Waals surface area contributed by atoms with Gasteiger partial charge in [0.2, 0.25) is 0 Å². The molecule has 2 N–H and O–H groups in total. The second-order valence-corrected chi connectivity index (χ2v) is 6.84. The summed E-state index contributed by atoms with van der Waals surface area (Å²) < 4.78 is 10.5. The molecule has 11 heteroatoms. The lowest BCUT2D eigenvalue weighted by molar-refractivity contribution is -0.139. The summed E-state index contributed by atoms with van der Waals surface area (Å²) in [5.74, 6) is -1.40. The van der Waals surface area contributed by atoms with Gasteiger partial charge < -0.3 is 19.9 Å². The highest BCUT2D eigenvalue weighted by molar-refractivity contribution is 5.90. The lowest BCUT2D eigenvalue weighted by atomic mass is 10.1. The van der Waals surface area contributed by atoms with E-state index in [-0.39, 0.29) is 12.6 Å². The minimum atomic E-state index is -1.33. The van der Waals surface area contributed by atoms with Gasteiger partial charge in [-0.2, -0.15) is 4.80 Å². The monoisotopic (exact) mass is 439 g/mol. The van der Waals surface area contributed by atoms with Crippen molar-refractivity contribution in [1.29, 1.82) is 0 Å². The maximum atomic E-state index is 12.6. The molecule has 0 bridgehead atoms. The molecule has 3 aromatic rings. The van der Waals surface area contributed by atoms with Crippen LogP contribution in [0.4, 0.5) is 4.79 Å². The van der Waals surface area contributed by atoms with E-state index >= 15 is 0 Å². The SMILES string of the molecule is Cc1ccc(Oc2nnn(CC(=O)C(CC(=O)O)NC(=O)OCc3ccccc3)n2)cc1. The Bertz CT molecular complexity index is 1070. The molecule has 0 radical (unpaired) electrons. The first-order valence-electron chi connectivity index (χ1n) is 9.63. The van der Waals surface area contributed by atoms with Crippen LogP contribution in [0.2, 0.25) is 0 Å². The first-order valence-corrected chi connectivity index (χ1v) is 9.63. The third-order valence-corrected chi connectivity index (χ3v) is 4.23. The molecule has 3 rings (SSSR count). The summed E-state index contributed by atoms with van der Waals surface area (Å²) in [6.45, 7) is 1.50. The predicted molar refractivity (Wildman–Crippen MR) is 110 cm³/mol. The smallest absolute Gasteiger partial charge is 0.408 e. The fraction of sp³-hybridized carbons (Fsp3) is 0.238. The number of benzene rings is 2. The number of carbonyl (C=O) groups is 3. The van der Waals surface area contributed by atoms with E-state index in [0.29, 0.717) is 5.75 Å². The van der Waals surface area contributed by atoms with E-state index in [1.54, 1.807) is 36.4 Å². The van der Waals surface area contributed by atoms with E-state index in [2.05, 4.69) is 20.7 Å². The first kappa shape index (κ1) is 22.4. The molecule has 0 fully saturated rings. The number of Topliss-reactive ketones (excluding diaryl/α,β-unsaturated/α-hetero) is 1. The number of alkyl carbamates (subject to hydrolysis) is 1. The summed E-state index contributed by atoms with van der Waals surface area (Å²) >= 11 is 0. The van der Waals surface area contributed by atoms with Crippen molar-refractivity contribution in [2.75, 3.05) is 0 Å². The lowest BCUT2D eigenvalue weighted by Crippen LogP contribution is -2.44. The number of nitrogens with zero attached hydrogens (tertiary/aromatic N) is 4. The summed E-state index contributed by atoms with van der Waals surface area (Å²) in [6.07, 6.45) is -1.54. The number of nitrogens with one attached hydrogen (secondary N) is 1. The summed E-state index contributed by atoms with van der Waals surface area (Å²) in [5.41, 5.74) is 1.80. The van der Waals surface area contributed by atoms with Crippen molar-refractivity contribution >= 4 is 17.8 Å². The Kier molecular flexibility index (Phi) is 7.46. The van der Waals surface area contributed by atoms with Gasteiger partial charge in [0.1, 0.15) is 24.9 Å². The summed E-state index contributed by atoms with van der Waals surface area (Å²) in [5, 5.41) is 22.8. The highest BCUT2D eigenvalue weighted by Crippen LogP contribution is 2.17. The predicted octanol–water partition coefficient (Wildman–Crippen LogP) is 2.11. The molecule has 0 aliphatic carbocycles. The molecule has 1 aromatic heterocycles. The second-order valence-electron chi connectivity index (χ2n) is 6.84. The molecule has 0 saturated carbocycles. The van der Waals surface area contributed by atoms with Gasteiger partial charge in [0, 0.05) is 0 Å². The second kappa shape index (κ2) is 10.7. The van der Waals surface area contributed by atoms with Crippen LogP contribution in [0.5, 0.6) is 11.8 Å². The molecule has 1 heterocycles. The van der Waals surface area contributed by atoms with Gasteiger partial charge in [0.15, 0.2) is 5.78 Å². The standard InChI is InChI=1S/C21H21N5O6/c1-14-7-9-16(10-8-14)32-20-23-25-26(24-20)12-18(27)17(11-19(28)29)22-21(30)31-13-15-5-3-2-4-6-15/h2-10,17H,11-13H2,1H3,(H,22,30)(H,28,29). The van der Waals surface area contributed by atoms with Crippen molar-refractivity contribution < 1.29 is 29.0 Å². The number of carbonyl (C=O) groups excluding carboxylic acids is 2. The average molecular weight is 439 g/mol. The highest BCUT2D eigenvalue weighted by atomic mass is 16.5. The van der Waals surface area contributed by atoms with E-state index < -0.39 is 36.9 Å². The van der Waals surface area contributed by atoms with Crippen LogP contribution in [0, 0.1) is 6.92 Å². The molecule has 0 aliphatic rings. The van der Waals surface area contributed by atoms with Crippen LogP contribution in [0.3, 0.4) is 0 Å². The van der Waals surface area contributed by atoms with Crippen LogP contribution in [-0.2, 0) is 27.5 Å². The maximum absolute atomic E-state index is 12.6. The topological polar surface area (TPSA) is 146 Å². The minimum Gasteiger partial charge on any atom is -0.481 e. The summed E-state index contributed by atoms with van der Waals surface area (Å²) in [4.78, 5) is 36.7. The van der Waals surface area contributed by atoms with Crippen LogP contribution in [0.15, 0.2) is 54.6 Å². The molecule has 1 amide bonds. The highest BCUT2D eigenvalue weighted by Gasteiger charge is 2.25. The van der Waals surface area contributed by atoms with Crippen molar-refractivity contribution in [3.63, 3.8) is 0 Å². The van der Waals surface area contributed by atoms with Crippen molar-refractivity contribution in [2.45, 2.75) is 32.5 Å². The zero-order valence-corrected chi connectivity index (χ0v) is 17.2. The van der Waals surface area contributed by atoms with E-state index in [1.165, 1.54) is 0 Å². The number of amides is 1. The van der Waals surface area contributed by atoms with E-state index in [0.717, 1.165) is 15.9 Å². The van der Waals surface area contributed by atoms with Crippen LogP contribution in [-0.4, -0.2) is 49.2 Å². The molecule has 166 valence electrons. The Balaban J connectivity index is 1.57. The fourth-order valence-corrected chi connectivity index (χ4v) is 2.62. The molecule has 32 heavy (non-hydrogen) atoms. The Hall–Kier alpha value is -4.28. The van der Waals surface area contributed by atoms with Gasteiger partial charge in [-0.25, -0.2) is 4.79 Å². The molecule has 1 atom stereocenters. The first-order chi connectivity index (χ1) is 15.4. The third kappa shape index (κ3) is 6.90. The Labute approximate surface area is 183 Å². The quantitative estimate of drug-likeness (QED) is 0.485. The minimum absolute atomic E-state index is 0.0228. The number of tetrazole rings is 1. The van der Waals surface area contributed by atoms with Crippen molar-refractivity contribution in [3.05, 3.63) is 65.7 Å². The molecule has 1 unspecified atom stereocenters. The van der Waals surface area contributed by atoms with Crippen molar-refractivity contribution in [1.82, 2.24) is 25.5 Å². The van der Waals surface area contributed by atoms with Crippen molar-refractivity contribution in [2.24, 2.45) is 0 Å². The average Bonchev–Trinajstić information content (AvgIpc) is 3.20. The molecule has 0 saturated heterocycles. The Morgan fingerprint density at radius 3 is 2.50 bits per heavy atom. The van der Waals surface area contributed by atoms with Gasteiger partial charge in [-0.3, -0.25) is 9.59 Å². The summed E-state index contributed by atoms with van der Waals surface area (Å²) in [7, 11) is 0. The number of hydrogen-bond acceptors (Lipinski definition) is 8. The fourth-order valence-electron chi connectivity index (χ4n) is 2.62. The summed E-state index contributed by atoms with van der Waals surface area (Å²) in [6, 6.07) is 14.7. The number of ether oxygens (including phenoxy) is 2. The number of hydrogen-bond donors (Lipinski definition) is 2. The lowest BCUT2D eigenvalue weighted by Gasteiger charge is -2.15. The number of carboxylic acids is 1. The zero-order chi connectivity index (χ0) is 22.9. The Morgan fingerprint density at radius 2 is 1.81 bits per heavy atom. The van der Waals surface area contributed by atoms with E-state index in [4.69, 9.17) is 14.6 Å². The molecular formula is C21H21N5O6. The number of aliphatic carboxylic acids is 1. The largest absolute Gasteiger partial charge is 0.481 e. The van der Waals surface area contributed by atoms with E-state index in [9.17, 15) is 14.4 Å². The van der Waals surface area contributed by atoms with Crippen LogP contribution in [0.1, 0.15) is 17.5 Å². The number of rotatable bonds is 10. The molecule has 2 aromatic carbocycles. The third-order valence-electron chi connectivity index (χ3n) is 4.23.